The van der Waals surface area contributed by atoms with Crippen LogP contribution in [-0.2, 0) is 16.0 Å². The van der Waals surface area contributed by atoms with Crippen LogP contribution in [0.2, 0.25) is 0 Å². The Bertz CT molecular complexity index is 448. The third-order valence-corrected chi connectivity index (χ3v) is 2.88. The molecule has 0 aliphatic carbocycles. The number of rotatable bonds is 7. The predicted molar refractivity (Wildman–Crippen MR) is 69.1 cm³/mol. The van der Waals surface area contributed by atoms with Crippen LogP contribution in [0.1, 0.15) is 25.3 Å². The fourth-order valence-electron chi connectivity index (χ4n) is 1.76. The molecule has 0 fully saturated rings. The van der Waals surface area contributed by atoms with Crippen molar-refractivity contribution in [2.75, 3.05) is 6.54 Å². The summed E-state index contributed by atoms with van der Waals surface area (Å²) in [5.41, 5.74) is 0.601. The summed E-state index contributed by atoms with van der Waals surface area (Å²) >= 11 is 0. The Morgan fingerprint density at radius 1 is 1.42 bits per heavy atom. The van der Waals surface area contributed by atoms with E-state index in [0.717, 1.165) is 0 Å². The number of carboxylic acid groups (broad SMARTS) is 1. The highest BCUT2D eigenvalue weighted by molar-refractivity contribution is 5.78. The van der Waals surface area contributed by atoms with E-state index in [1.807, 2.05) is 6.92 Å². The maximum atomic E-state index is 12.9. The van der Waals surface area contributed by atoms with E-state index in [9.17, 15) is 14.0 Å². The highest BCUT2D eigenvalue weighted by Gasteiger charge is 2.12. The van der Waals surface area contributed by atoms with Gasteiger partial charge in [0.05, 0.1) is 6.42 Å². The first-order valence-electron chi connectivity index (χ1n) is 6.24. The van der Waals surface area contributed by atoms with Crippen molar-refractivity contribution in [2.45, 2.75) is 26.2 Å². The van der Waals surface area contributed by atoms with E-state index in [4.69, 9.17) is 5.11 Å². The standard InChI is InChI=1S/C14H18FNO3/c1-2-10(8-14(18)19)9-16-13(17)7-11-4-3-5-12(15)6-11/h3-6,10H,2,7-9H2,1H3,(H,16,17)(H,18,19). The van der Waals surface area contributed by atoms with E-state index in [1.54, 1.807) is 12.1 Å². The Hall–Kier alpha value is -1.91. The van der Waals surface area contributed by atoms with Crippen molar-refractivity contribution in [1.29, 1.82) is 0 Å². The van der Waals surface area contributed by atoms with Gasteiger partial charge in [-0.25, -0.2) is 4.39 Å². The average Bonchev–Trinajstić information content (AvgIpc) is 2.34. The third kappa shape index (κ3) is 5.99. The minimum atomic E-state index is -0.869. The molecule has 1 amide bonds. The van der Waals surface area contributed by atoms with E-state index < -0.39 is 5.97 Å². The van der Waals surface area contributed by atoms with Crippen LogP contribution in [0.15, 0.2) is 24.3 Å². The zero-order chi connectivity index (χ0) is 14.3. The van der Waals surface area contributed by atoms with E-state index in [1.165, 1.54) is 12.1 Å². The molecule has 5 heteroatoms. The van der Waals surface area contributed by atoms with Crippen LogP contribution in [0.4, 0.5) is 4.39 Å². The van der Waals surface area contributed by atoms with Gasteiger partial charge in [-0.15, -0.1) is 0 Å². The Balaban J connectivity index is 2.40. The highest BCUT2D eigenvalue weighted by Crippen LogP contribution is 2.07. The molecule has 0 aliphatic rings. The molecule has 1 aromatic rings. The first-order valence-corrected chi connectivity index (χ1v) is 6.24. The number of carboxylic acids is 1. The molecule has 4 nitrogen and oxygen atoms in total. The van der Waals surface area contributed by atoms with Crippen molar-refractivity contribution >= 4 is 11.9 Å². The minimum Gasteiger partial charge on any atom is -0.481 e. The Labute approximate surface area is 111 Å². The van der Waals surface area contributed by atoms with Crippen LogP contribution >= 0.6 is 0 Å². The molecule has 19 heavy (non-hydrogen) atoms. The number of aliphatic carboxylic acids is 1. The Morgan fingerprint density at radius 2 is 2.16 bits per heavy atom. The highest BCUT2D eigenvalue weighted by atomic mass is 19.1. The lowest BCUT2D eigenvalue weighted by Gasteiger charge is -2.13. The molecule has 1 unspecified atom stereocenters. The molecular formula is C14H18FNO3. The maximum Gasteiger partial charge on any atom is 0.303 e. The normalized spacial score (nSPS) is 11.9. The van der Waals surface area contributed by atoms with E-state index in [2.05, 4.69) is 5.32 Å². The van der Waals surface area contributed by atoms with Crippen LogP contribution in [-0.4, -0.2) is 23.5 Å². The van der Waals surface area contributed by atoms with E-state index in [-0.39, 0.29) is 30.5 Å². The third-order valence-electron chi connectivity index (χ3n) is 2.88. The number of halogens is 1. The zero-order valence-corrected chi connectivity index (χ0v) is 10.9. The van der Waals surface area contributed by atoms with Gasteiger partial charge in [0.1, 0.15) is 5.82 Å². The molecule has 1 atom stereocenters. The summed E-state index contributed by atoms with van der Waals surface area (Å²) in [5.74, 6) is -1.54. The number of hydrogen-bond donors (Lipinski definition) is 2. The Morgan fingerprint density at radius 3 is 2.74 bits per heavy atom. The number of benzene rings is 1. The Kier molecular flexibility index (Phi) is 5.99. The summed E-state index contributed by atoms with van der Waals surface area (Å²) in [6.07, 6.45) is 0.824. The van der Waals surface area contributed by atoms with Crippen LogP contribution < -0.4 is 5.32 Å². The molecule has 0 bridgehead atoms. The summed E-state index contributed by atoms with van der Waals surface area (Å²) in [5, 5.41) is 11.4. The average molecular weight is 267 g/mol. The van der Waals surface area contributed by atoms with Crippen LogP contribution in [0.5, 0.6) is 0 Å². The fraction of sp³-hybridized carbons (Fsp3) is 0.429. The van der Waals surface area contributed by atoms with Crippen molar-refractivity contribution in [3.63, 3.8) is 0 Å². The molecule has 0 spiro atoms. The number of carbonyl (C=O) groups is 2. The van der Waals surface area contributed by atoms with Gasteiger partial charge in [-0.05, 0) is 23.6 Å². The molecule has 0 aliphatic heterocycles. The summed E-state index contributed by atoms with van der Waals surface area (Å²) in [4.78, 5) is 22.2. The van der Waals surface area contributed by atoms with Gasteiger partial charge in [0, 0.05) is 13.0 Å². The molecule has 1 rings (SSSR count). The monoisotopic (exact) mass is 267 g/mol. The van der Waals surface area contributed by atoms with Gasteiger partial charge < -0.3 is 10.4 Å². The van der Waals surface area contributed by atoms with Gasteiger partial charge in [-0.3, -0.25) is 9.59 Å². The van der Waals surface area contributed by atoms with Gasteiger partial charge in [-0.2, -0.15) is 0 Å². The molecular weight excluding hydrogens is 249 g/mol. The van der Waals surface area contributed by atoms with Crippen LogP contribution in [0.3, 0.4) is 0 Å². The number of hydrogen-bond acceptors (Lipinski definition) is 2. The summed E-state index contributed by atoms with van der Waals surface area (Å²) in [6, 6.07) is 5.87. The lowest BCUT2D eigenvalue weighted by molar-refractivity contribution is -0.138. The summed E-state index contributed by atoms with van der Waals surface area (Å²) in [6.45, 7) is 2.21. The molecule has 0 radical (unpaired) electrons. The molecule has 2 N–H and O–H groups in total. The fourth-order valence-corrected chi connectivity index (χ4v) is 1.76. The van der Waals surface area contributed by atoms with Crippen molar-refractivity contribution in [3.8, 4) is 0 Å². The summed E-state index contributed by atoms with van der Waals surface area (Å²) < 4.78 is 12.9. The van der Waals surface area contributed by atoms with E-state index >= 15 is 0 Å². The SMILES string of the molecule is CCC(CNC(=O)Cc1cccc(F)c1)CC(=O)O. The molecule has 104 valence electrons. The van der Waals surface area contributed by atoms with Crippen molar-refractivity contribution in [1.82, 2.24) is 5.32 Å². The molecule has 0 saturated carbocycles. The van der Waals surface area contributed by atoms with Crippen molar-refractivity contribution < 1.29 is 19.1 Å². The lowest BCUT2D eigenvalue weighted by atomic mass is 10.0. The second-order valence-electron chi connectivity index (χ2n) is 4.48. The largest absolute Gasteiger partial charge is 0.481 e. The first kappa shape index (κ1) is 15.1. The van der Waals surface area contributed by atoms with Crippen molar-refractivity contribution in [3.05, 3.63) is 35.6 Å². The van der Waals surface area contributed by atoms with Gasteiger partial charge in [0.25, 0.3) is 0 Å². The zero-order valence-electron chi connectivity index (χ0n) is 10.9. The van der Waals surface area contributed by atoms with Crippen molar-refractivity contribution in [2.24, 2.45) is 5.92 Å². The van der Waals surface area contributed by atoms with Gasteiger partial charge in [-0.1, -0.05) is 25.5 Å². The second-order valence-corrected chi connectivity index (χ2v) is 4.48. The molecule has 1 aromatic carbocycles. The maximum absolute atomic E-state index is 12.9. The quantitative estimate of drug-likeness (QED) is 0.794. The van der Waals surface area contributed by atoms with Gasteiger partial charge in [0.15, 0.2) is 0 Å². The molecule has 0 saturated heterocycles. The topological polar surface area (TPSA) is 66.4 Å². The molecule has 0 heterocycles. The first-order chi connectivity index (χ1) is 9.01. The minimum absolute atomic E-state index is 0.0384. The molecule has 0 aromatic heterocycles. The number of amides is 1. The van der Waals surface area contributed by atoms with Gasteiger partial charge in [0.2, 0.25) is 5.91 Å². The second kappa shape index (κ2) is 7.51. The lowest BCUT2D eigenvalue weighted by Crippen LogP contribution is -2.31. The van der Waals surface area contributed by atoms with Gasteiger partial charge >= 0.3 is 5.97 Å². The number of carbonyl (C=O) groups excluding carboxylic acids is 1. The van der Waals surface area contributed by atoms with Crippen LogP contribution in [0.25, 0.3) is 0 Å². The summed E-state index contributed by atoms with van der Waals surface area (Å²) in [7, 11) is 0. The van der Waals surface area contributed by atoms with E-state index in [0.29, 0.717) is 18.5 Å². The number of nitrogens with one attached hydrogen (secondary N) is 1. The predicted octanol–water partition coefficient (Wildman–Crippen LogP) is 1.99. The van der Waals surface area contributed by atoms with Crippen LogP contribution in [0, 0.1) is 11.7 Å². The smallest absolute Gasteiger partial charge is 0.303 e.